The van der Waals surface area contributed by atoms with Crippen molar-refractivity contribution in [3.05, 3.63) is 55.5 Å². The largest absolute Gasteiger partial charge is 0.331 e. The molecular formula is C10H8N2O3. The Balaban J connectivity index is 3.30. The molecule has 1 aromatic heterocycles. The van der Waals surface area contributed by atoms with Gasteiger partial charge in [-0.1, -0.05) is 12.1 Å². The molecule has 15 heavy (non-hydrogen) atoms. The smallest absolute Gasteiger partial charge is 0.273 e. The molecule has 0 aliphatic carbocycles. The van der Waals surface area contributed by atoms with Gasteiger partial charge in [0, 0.05) is 7.05 Å². The summed E-state index contributed by atoms with van der Waals surface area (Å²) >= 11 is 0. The molecule has 0 atom stereocenters. The molecule has 2 aromatic rings. The van der Waals surface area contributed by atoms with Crippen LogP contribution in [0.4, 0.5) is 0 Å². The molecule has 0 saturated carbocycles. The lowest BCUT2D eigenvalue weighted by molar-refractivity contribution is 0.797. The van der Waals surface area contributed by atoms with Gasteiger partial charge in [0.25, 0.3) is 11.1 Å². The number of hydrogen-bond acceptors (Lipinski definition) is 3. The Morgan fingerprint density at radius 2 is 1.67 bits per heavy atom. The Kier molecular flexibility index (Phi) is 2.00. The predicted octanol–water partition coefficient (Wildman–Crippen LogP) is -0.413. The highest BCUT2D eigenvalue weighted by atomic mass is 16.2. The van der Waals surface area contributed by atoms with Crippen molar-refractivity contribution in [2.75, 3.05) is 0 Å². The quantitative estimate of drug-likeness (QED) is 0.633. The fourth-order valence-electron chi connectivity index (χ4n) is 1.39. The number of hydrogen-bond donors (Lipinski definition) is 1. The van der Waals surface area contributed by atoms with Crippen molar-refractivity contribution in [1.29, 1.82) is 0 Å². The minimum atomic E-state index is -0.707. The maximum atomic E-state index is 11.7. The molecule has 0 amide bonds. The van der Waals surface area contributed by atoms with Gasteiger partial charge in [0.2, 0.25) is 0 Å². The Hall–Kier alpha value is -2.17. The normalized spacial score (nSPS) is 10.5. The van der Waals surface area contributed by atoms with E-state index < -0.39 is 16.8 Å². The summed E-state index contributed by atoms with van der Waals surface area (Å²) in [5.74, 6) is 0. The zero-order valence-corrected chi connectivity index (χ0v) is 7.98. The molecule has 0 spiro atoms. The van der Waals surface area contributed by atoms with Gasteiger partial charge < -0.3 is 0 Å². The van der Waals surface area contributed by atoms with E-state index in [1.165, 1.54) is 19.2 Å². The van der Waals surface area contributed by atoms with E-state index in [1.54, 1.807) is 12.1 Å². The number of aromatic amines is 1. The summed E-state index contributed by atoms with van der Waals surface area (Å²) in [4.78, 5) is 36.6. The molecule has 1 N–H and O–H groups in total. The molecule has 0 aliphatic heterocycles. The van der Waals surface area contributed by atoms with E-state index in [2.05, 4.69) is 4.98 Å². The number of benzene rings is 1. The topological polar surface area (TPSA) is 71.9 Å². The van der Waals surface area contributed by atoms with Gasteiger partial charge in [-0.25, -0.2) is 4.79 Å². The highest BCUT2D eigenvalue weighted by Gasteiger charge is 2.03. The molecule has 0 fully saturated rings. The zero-order valence-electron chi connectivity index (χ0n) is 7.98. The van der Waals surface area contributed by atoms with Crippen LogP contribution in [0.5, 0.6) is 0 Å². The van der Waals surface area contributed by atoms with E-state index in [1.807, 2.05) is 0 Å². The Bertz CT molecular complexity index is 697. The third-order valence-corrected chi connectivity index (χ3v) is 2.23. The minimum absolute atomic E-state index is 0.222. The Labute approximate surface area is 83.6 Å². The van der Waals surface area contributed by atoms with Crippen LogP contribution >= 0.6 is 0 Å². The van der Waals surface area contributed by atoms with E-state index in [-0.39, 0.29) is 10.8 Å². The monoisotopic (exact) mass is 204 g/mol. The second kappa shape index (κ2) is 3.20. The van der Waals surface area contributed by atoms with Gasteiger partial charge in [0.05, 0.1) is 10.8 Å². The van der Waals surface area contributed by atoms with Gasteiger partial charge in [-0.15, -0.1) is 0 Å². The van der Waals surface area contributed by atoms with Crippen LogP contribution in [0.2, 0.25) is 0 Å². The first-order valence-corrected chi connectivity index (χ1v) is 4.33. The molecule has 5 nitrogen and oxygen atoms in total. The summed E-state index contributed by atoms with van der Waals surface area (Å²) in [5.41, 5.74) is -1.73. The molecule has 0 bridgehead atoms. The lowest BCUT2D eigenvalue weighted by Crippen LogP contribution is -2.29. The molecule has 2 rings (SSSR count). The third-order valence-electron chi connectivity index (χ3n) is 2.23. The van der Waals surface area contributed by atoms with Crippen molar-refractivity contribution in [2.45, 2.75) is 0 Å². The van der Waals surface area contributed by atoms with Crippen molar-refractivity contribution in [3.8, 4) is 0 Å². The summed E-state index contributed by atoms with van der Waals surface area (Å²) < 4.78 is 0.879. The molecule has 76 valence electrons. The number of rotatable bonds is 0. The van der Waals surface area contributed by atoms with Gasteiger partial charge in [0.1, 0.15) is 0 Å². The summed E-state index contributed by atoms with van der Waals surface area (Å²) in [6.07, 6.45) is 0. The van der Waals surface area contributed by atoms with E-state index >= 15 is 0 Å². The SMILES string of the molecule is Cn1c(=O)[nH]c(=O)c2ccccc2c1=O. The number of aromatic nitrogens is 2. The standard InChI is InChI=1S/C10H8N2O3/c1-12-9(14)7-5-3-2-4-6(7)8(13)11-10(12)15/h2-5H,1H3,(H,11,13,15). The van der Waals surface area contributed by atoms with Gasteiger partial charge in [-0.3, -0.25) is 19.1 Å². The van der Waals surface area contributed by atoms with Gasteiger partial charge >= 0.3 is 5.69 Å². The Morgan fingerprint density at radius 3 is 2.33 bits per heavy atom. The number of fused-ring (bicyclic) bond motifs is 1. The molecule has 0 aliphatic rings. The van der Waals surface area contributed by atoms with E-state index in [4.69, 9.17) is 0 Å². The van der Waals surface area contributed by atoms with Crippen LogP contribution in [-0.4, -0.2) is 9.55 Å². The second-order valence-electron chi connectivity index (χ2n) is 3.17. The van der Waals surface area contributed by atoms with E-state index in [9.17, 15) is 14.4 Å². The molecule has 5 heteroatoms. The molecule has 0 unspecified atom stereocenters. The summed E-state index contributed by atoms with van der Waals surface area (Å²) in [7, 11) is 1.33. The molecular weight excluding hydrogens is 196 g/mol. The average molecular weight is 204 g/mol. The van der Waals surface area contributed by atoms with Gasteiger partial charge in [0.15, 0.2) is 0 Å². The van der Waals surface area contributed by atoms with Crippen LogP contribution in [0.3, 0.4) is 0 Å². The molecule has 1 aromatic carbocycles. The van der Waals surface area contributed by atoms with Crippen LogP contribution in [0, 0.1) is 0 Å². The van der Waals surface area contributed by atoms with E-state index in [0.29, 0.717) is 0 Å². The zero-order chi connectivity index (χ0) is 11.0. The van der Waals surface area contributed by atoms with Crippen LogP contribution in [0.25, 0.3) is 10.8 Å². The molecule has 0 saturated heterocycles. The second-order valence-corrected chi connectivity index (χ2v) is 3.17. The lowest BCUT2D eigenvalue weighted by Gasteiger charge is -1.88. The molecule has 0 radical (unpaired) electrons. The number of H-pyrrole nitrogens is 1. The van der Waals surface area contributed by atoms with Crippen molar-refractivity contribution >= 4 is 10.8 Å². The van der Waals surface area contributed by atoms with Crippen molar-refractivity contribution < 1.29 is 0 Å². The summed E-state index contributed by atoms with van der Waals surface area (Å²) in [6, 6.07) is 6.32. The number of nitrogens with zero attached hydrogens (tertiary/aromatic N) is 1. The Morgan fingerprint density at radius 1 is 1.07 bits per heavy atom. The van der Waals surface area contributed by atoms with Crippen LogP contribution in [-0.2, 0) is 7.05 Å². The van der Waals surface area contributed by atoms with Crippen LogP contribution in [0.15, 0.2) is 38.6 Å². The predicted molar refractivity (Wildman–Crippen MR) is 56.1 cm³/mol. The first-order valence-electron chi connectivity index (χ1n) is 4.33. The highest BCUT2D eigenvalue weighted by Crippen LogP contribution is 2.00. The maximum absolute atomic E-state index is 11.7. The van der Waals surface area contributed by atoms with Crippen LogP contribution < -0.4 is 16.8 Å². The fraction of sp³-hybridized carbons (Fsp3) is 0.100. The first-order chi connectivity index (χ1) is 7.11. The van der Waals surface area contributed by atoms with Crippen molar-refractivity contribution in [2.24, 2.45) is 7.05 Å². The highest BCUT2D eigenvalue weighted by molar-refractivity contribution is 5.79. The fourth-order valence-corrected chi connectivity index (χ4v) is 1.39. The van der Waals surface area contributed by atoms with Gasteiger partial charge in [-0.05, 0) is 12.1 Å². The van der Waals surface area contributed by atoms with E-state index in [0.717, 1.165) is 4.57 Å². The van der Waals surface area contributed by atoms with Crippen molar-refractivity contribution in [3.63, 3.8) is 0 Å². The lowest BCUT2D eigenvalue weighted by atomic mass is 10.2. The van der Waals surface area contributed by atoms with Gasteiger partial charge in [-0.2, -0.15) is 0 Å². The third kappa shape index (κ3) is 1.38. The minimum Gasteiger partial charge on any atom is -0.273 e. The summed E-state index contributed by atoms with van der Waals surface area (Å²) in [6.45, 7) is 0. The van der Waals surface area contributed by atoms with Crippen molar-refractivity contribution in [1.82, 2.24) is 9.55 Å². The van der Waals surface area contributed by atoms with Crippen LogP contribution in [0.1, 0.15) is 0 Å². The maximum Gasteiger partial charge on any atom is 0.331 e. The summed E-state index contributed by atoms with van der Waals surface area (Å²) in [5, 5.41) is 0.462. The molecule has 1 heterocycles. The first kappa shape index (κ1) is 9.39. The number of nitrogens with one attached hydrogen (secondary N) is 1. The average Bonchev–Trinajstić information content (AvgIpc) is 2.33.